The third-order valence-electron chi connectivity index (χ3n) is 9.62. The van der Waals surface area contributed by atoms with Crippen molar-refractivity contribution in [3.63, 3.8) is 0 Å². The summed E-state index contributed by atoms with van der Waals surface area (Å²) in [5.41, 5.74) is 6.56. The van der Waals surface area contributed by atoms with Gasteiger partial charge in [0, 0.05) is 60.3 Å². The Labute approximate surface area is 335 Å². The van der Waals surface area contributed by atoms with E-state index in [9.17, 15) is 22.8 Å². The Morgan fingerprint density at radius 1 is 0.965 bits per heavy atom. The summed E-state index contributed by atoms with van der Waals surface area (Å²) in [6.45, 7) is 14.9. The summed E-state index contributed by atoms with van der Waals surface area (Å²) in [4.78, 5) is 32.9. The van der Waals surface area contributed by atoms with E-state index in [0.29, 0.717) is 18.8 Å². The smallest absolute Gasteiger partial charge is 0.416 e. The fourth-order valence-electron chi connectivity index (χ4n) is 6.98. The van der Waals surface area contributed by atoms with Crippen molar-refractivity contribution in [3.05, 3.63) is 76.4 Å². The minimum absolute atomic E-state index is 0.0126. The number of fused-ring (bicyclic) bond motifs is 1. The second-order valence-corrected chi connectivity index (χ2v) is 16.6. The van der Waals surface area contributed by atoms with Crippen LogP contribution in [-0.2, 0) is 32.9 Å². The Morgan fingerprint density at radius 2 is 1.65 bits per heavy atom. The molecule has 1 aliphatic rings. The van der Waals surface area contributed by atoms with Crippen molar-refractivity contribution in [2.75, 3.05) is 19.8 Å². The maximum Gasteiger partial charge on any atom is 0.416 e. The lowest BCUT2D eigenvalue weighted by Gasteiger charge is -2.21. The number of alkyl halides is 3. The Morgan fingerprint density at radius 3 is 2.26 bits per heavy atom. The standard InChI is InChI=1S/C30H34F3N5O3.C14H28O2/c1-29(2,3)24-17-25(36-28(39)20-16-18(30(31,32)33)11-12-22(20)41-15-13-34)38(37(24)4)27-26(23-10-7-14-40-23)19-8-5-6-9-21(19)35-27;1-5-6-7-8-9-10-11-12-13(15)16-14(2,3)4/h5-6,8-9,11-12,16-17,23,35H,7,10,13-15,34H2,1-4H3;5-12H2,1-4H3/t23-;/m1./s1. The summed E-state index contributed by atoms with van der Waals surface area (Å²) in [7, 11) is 1.87. The number of carbonyl (C=O) groups is 2. The molecule has 4 aromatic rings. The molecular formula is C44H62F3N5O5. The van der Waals surface area contributed by atoms with Crippen LogP contribution < -0.4 is 16.0 Å². The summed E-state index contributed by atoms with van der Waals surface area (Å²) < 4.78 is 61.3. The average Bonchev–Trinajstić information content (AvgIpc) is 3.86. The van der Waals surface area contributed by atoms with Gasteiger partial charge in [-0.05, 0) is 64.3 Å². The number of halogens is 3. The Kier molecular flexibility index (Phi) is 15.8. The number of benzene rings is 2. The topological polar surface area (TPSA) is 126 Å². The van der Waals surface area contributed by atoms with Crippen molar-refractivity contribution >= 4 is 22.8 Å². The van der Waals surface area contributed by atoms with Gasteiger partial charge in [-0.3, -0.25) is 14.3 Å². The number of para-hydroxylation sites is 1. The molecule has 0 bridgehead atoms. The van der Waals surface area contributed by atoms with Crippen LogP contribution in [0.2, 0.25) is 0 Å². The molecule has 314 valence electrons. The number of unbranched alkanes of at least 4 members (excludes halogenated alkanes) is 6. The normalized spacial score (nSPS) is 15.2. The highest BCUT2D eigenvalue weighted by molar-refractivity contribution is 5.98. The van der Waals surface area contributed by atoms with E-state index < -0.39 is 17.6 Å². The van der Waals surface area contributed by atoms with Gasteiger partial charge in [0.15, 0.2) is 5.49 Å². The molecule has 1 atom stereocenters. The summed E-state index contributed by atoms with van der Waals surface area (Å²) in [5, 5.41) is 0.994. The lowest BCUT2D eigenvalue weighted by Crippen LogP contribution is -2.25. The number of H-pyrrole nitrogens is 1. The molecule has 1 saturated heterocycles. The van der Waals surface area contributed by atoms with Crippen molar-refractivity contribution in [2.45, 2.75) is 136 Å². The molecule has 0 unspecified atom stereocenters. The molecule has 10 nitrogen and oxygen atoms in total. The van der Waals surface area contributed by atoms with Gasteiger partial charge >= 0.3 is 12.1 Å². The third kappa shape index (κ3) is 12.6. The Balaban J connectivity index is 0.000000381. The number of carbonyl (C=O) groups excluding carboxylic acids is 2. The molecule has 0 aliphatic carbocycles. The van der Waals surface area contributed by atoms with Crippen molar-refractivity contribution in [1.82, 2.24) is 14.3 Å². The van der Waals surface area contributed by atoms with Crippen molar-refractivity contribution in [3.8, 4) is 11.6 Å². The van der Waals surface area contributed by atoms with Gasteiger partial charge in [0.25, 0.3) is 5.91 Å². The van der Waals surface area contributed by atoms with Gasteiger partial charge in [-0.25, -0.2) is 4.68 Å². The Bertz CT molecular complexity index is 2010. The van der Waals surface area contributed by atoms with Gasteiger partial charge < -0.3 is 24.9 Å². The van der Waals surface area contributed by atoms with E-state index in [2.05, 4.69) is 16.9 Å². The van der Waals surface area contributed by atoms with Crippen molar-refractivity contribution < 1.29 is 37.0 Å². The highest BCUT2D eigenvalue weighted by Crippen LogP contribution is 2.38. The van der Waals surface area contributed by atoms with Crippen LogP contribution in [0.1, 0.15) is 146 Å². The molecule has 2 aromatic carbocycles. The number of nitrogens with zero attached hydrogens (tertiary/aromatic N) is 3. The summed E-state index contributed by atoms with van der Waals surface area (Å²) in [5.74, 6) is -0.244. The van der Waals surface area contributed by atoms with Gasteiger partial charge in [-0.1, -0.05) is 84.4 Å². The molecule has 1 aliphatic heterocycles. The van der Waals surface area contributed by atoms with Crippen LogP contribution in [0.15, 0.2) is 53.5 Å². The number of nitrogens with one attached hydrogen (secondary N) is 1. The SMILES string of the molecule is CCCCCCCCCC(=O)OC(C)(C)C.Cn1c(C(C)(C)C)cc(=NC(=O)c2cc(C(F)(F)F)ccc2OCCN)n1-c1[nH]c2ccccc2c1[C@H]1CCCO1. The van der Waals surface area contributed by atoms with E-state index >= 15 is 0 Å². The van der Waals surface area contributed by atoms with Crippen LogP contribution in [0, 0.1) is 0 Å². The number of amides is 1. The highest BCUT2D eigenvalue weighted by atomic mass is 19.4. The molecule has 13 heteroatoms. The first-order valence-corrected chi connectivity index (χ1v) is 20.2. The maximum absolute atomic E-state index is 13.6. The average molecular weight is 798 g/mol. The van der Waals surface area contributed by atoms with Crippen LogP contribution in [-0.4, -0.2) is 51.6 Å². The number of esters is 1. The first-order chi connectivity index (χ1) is 26.9. The first kappa shape index (κ1) is 45.3. The number of hydrogen-bond acceptors (Lipinski definition) is 6. The Hall–Kier alpha value is -4.36. The number of rotatable bonds is 14. The zero-order chi connectivity index (χ0) is 42.0. The molecule has 0 radical (unpaired) electrons. The number of ether oxygens (including phenoxy) is 3. The lowest BCUT2D eigenvalue weighted by molar-refractivity contribution is -0.155. The largest absolute Gasteiger partial charge is 0.491 e. The zero-order valence-corrected chi connectivity index (χ0v) is 35.0. The second-order valence-electron chi connectivity index (χ2n) is 16.6. The van der Waals surface area contributed by atoms with Crippen LogP contribution in [0.4, 0.5) is 13.2 Å². The summed E-state index contributed by atoms with van der Waals surface area (Å²) in [6.07, 6.45) is 6.18. The monoisotopic (exact) mass is 797 g/mol. The third-order valence-corrected chi connectivity index (χ3v) is 9.62. The number of hydrogen-bond donors (Lipinski definition) is 2. The van der Waals surface area contributed by atoms with Crippen molar-refractivity contribution in [1.29, 1.82) is 0 Å². The number of nitrogens with two attached hydrogens (primary N) is 1. The minimum Gasteiger partial charge on any atom is -0.491 e. The van der Waals surface area contributed by atoms with E-state index in [-0.39, 0.29) is 53.0 Å². The lowest BCUT2D eigenvalue weighted by atomic mass is 9.92. The molecule has 0 saturated carbocycles. The molecule has 57 heavy (non-hydrogen) atoms. The fraction of sp³-hybridized carbons (Fsp3) is 0.568. The quantitative estimate of drug-likeness (QED) is 0.0967. The summed E-state index contributed by atoms with van der Waals surface area (Å²) >= 11 is 0. The highest BCUT2D eigenvalue weighted by Gasteiger charge is 2.33. The van der Waals surface area contributed by atoms with E-state index in [1.165, 1.54) is 32.1 Å². The molecule has 3 N–H and O–H groups in total. The zero-order valence-electron chi connectivity index (χ0n) is 35.0. The molecular weight excluding hydrogens is 736 g/mol. The molecule has 5 rings (SSSR count). The van der Waals surface area contributed by atoms with Gasteiger partial charge in [0.1, 0.15) is 23.8 Å². The van der Waals surface area contributed by atoms with E-state index in [1.807, 2.05) is 77.5 Å². The summed E-state index contributed by atoms with van der Waals surface area (Å²) in [6, 6.07) is 12.5. The van der Waals surface area contributed by atoms with E-state index in [0.717, 1.165) is 66.0 Å². The first-order valence-electron chi connectivity index (χ1n) is 20.2. The van der Waals surface area contributed by atoms with Crippen molar-refractivity contribution in [2.24, 2.45) is 17.8 Å². The molecule has 1 amide bonds. The molecule has 1 fully saturated rings. The molecule has 2 aromatic heterocycles. The number of aromatic nitrogens is 3. The van der Waals surface area contributed by atoms with Gasteiger partial charge in [0.2, 0.25) is 0 Å². The molecule has 3 heterocycles. The maximum atomic E-state index is 13.6. The van der Waals surface area contributed by atoms with Gasteiger partial charge in [0.05, 0.1) is 17.2 Å². The van der Waals surface area contributed by atoms with Crippen LogP contribution in [0.5, 0.6) is 5.75 Å². The van der Waals surface area contributed by atoms with E-state index in [1.54, 1.807) is 10.7 Å². The van der Waals surface area contributed by atoms with Crippen LogP contribution in [0.3, 0.4) is 0 Å². The second kappa shape index (κ2) is 19.9. The predicted octanol–water partition coefficient (Wildman–Crippen LogP) is 10.0. The van der Waals surface area contributed by atoms with Crippen LogP contribution in [0.25, 0.3) is 16.7 Å². The predicted molar refractivity (Wildman–Crippen MR) is 218 cm³/mol. The van der Waals surface area contributed by atoms with E-state index in [4.69, 9.17) is 19.9 Å². The fourth-order valence-corrected chi connectivity index (χ4v) is 6.98. The minimum atomic E-state index is -4.64. The van der Waals surface area contributed by atoms with Crippen LogP contribution >= 0.6 is 0 Å². The number of aromatic amines is 1. The van der Waals surface area contributed by atoms with Gasteiger partial charge in [-0.15, -0.1) is 0 Å². The van der Waals surface area contributed by atoms with Gasteiger partial charge in [-0.2, -0.15) is 18.2 Å². The molecule has 0 spiro atoms.